The van der Waals surface area contributed by atoms with Crippen molar-refractivity contribution in [1.82, 2.24) is 25.4 Å². The second-order valence-electron chi connectivity index (χ2n) is 9.40. The van der Waals surface area contributed by atoms with Crippen LogP contribution in [0.2, 0.25) is 0 Å². The fourth-order valence-corrected chi connectivity index (χ4v) is 3.47. The van der Waals surface area contributed by atoms with Crippen LogP contribution in [0.25, 0.3) is 0 Å². The van der Waals surface area contributed by atoms with Gasteiger partial charge in [-0.05, 0) is 44.2 Å². The first-order chi connectivity index (χ1) is 14.4. The predicted octanol–water partition coefficient (Wildman–Crippen LogP) is 1.92. The number of nitrogens with one attached hydrogen (secondary N) is 1. The van der Waals surface area contributed by atoms with Crippen molar-refractivity contribution in [3.63, 3.8) is 0 Å². The lowest BCUT2D eigenvalue weighted by atomic mass is 9.98. The van der Waals surface area contributed by atoms with E-state index >= 15 is 0 Å². The van der Waals surface area contributed by atoms with E-state index in [1.165, 1.54) is 0 Å². The van der Waals surface area contributed by atoms with Crippen LogP contribution in [0.1, 0.15) is 80.9 Å². The van der Waals surface area contributed by atoms with Gasteiger partial charge in [0.15, 0.2) is 11.4 Å². The molecule has 31 heavy (non-hydrogen) atoms. The van der Waals surface area contributed by atoms with Gasteiger partial charge in [-0.15, -0.1) is 10.2 Å². The van der Waals surface area contributed by atoms with Gasteiger partial charge in [0.25, 0.3) is 11.8 Å². The number of nitrogens with two attached hydrogens (primary N) is 1. The molecule has 1 unspecified atom stereocenters. The Balaban J connectivity index is 2.24. The molecular weight excluding hydrogens is 400 g/mol. The van der Waals surface area contributed by atoms with Gasteiger partial charge in [-0.1, -0.05) is 27.7 Å². The fourth-order valence-electron chi connectivity index (χ4n) is 3.47. The van der Waals surface area contributed by atoms with Crippen LogP contribution in [0.3, 0.4) is 0 Å². The molecule has 3 N–H and O–H groups in total. The summed E-state index contributed by atoms with van der Waals surface area (Å²) in [5, 5.41) is 7.93. The second kappa shape index (κ2) is 9.59. The Kier molecular flexibility index (Phi) is 7.58. The number of hydrogen-bond acceptors (Lipinski definition) is 7. The molecule has 0 spiro atoms. The maximum Gasteiger partial charge on any atom is 0.410 e. The smallest absolute Gasteiger partial charge is 0.410 e. The number of piperazine rings is 1. The lowest BCUT2D eigenvalue weighted by Crippen LogP contribution is -2.59. The van der Waals surface area contributed by atoms with Crippen molar-refractivity contribution in [2.24, 2.45) is 11.8 Å². The van der Waals surface area contributed by atoms with Crippen LogP contribution in [0, 0.1) is 5.92 Å². The summed E-state index contributed by atoms with van der Waals surface area (Å²) < 4.78 is 5.54. The Labute approximate surface area is 183 Å². The summed E-state index contributed by atoms with van der Waals surface area (Å²) in [6, 6.07) is 1.40. The van der Waals surface area contributed by atoms with E-state index in [4.69, 9.17) is 10.6 Å². The van der Waals surface area contributed by atoms with Gasteiger partial charge in [0.05, 0.1) is 6.04 Å². The van der Waals surface area contributed by atoms with Crippen LogP contribution in [0.5, 0.6) is 0 Å². The van der Waals surface area contributed by atoms with Gasteiger partial charge in [0.1, 0.15) is 5.60 Å². The number of hydrogen-bond donors (Lipinski definition) is 2. The average Bonchev–Trinajstić information content (AvgIpc) is 2.70. The second-order valence-corrected chi connectivity index (χ2v) is 9.40. The number of aromatic nitrogens is 2. The van der Waals surface area contributed by atoms with Crippen molar-refractivity contribution in [3.05, 3.63) is 23.0 Å². The quantitative estimate of drug-likeness (QED) is 0.420. The highest BCUT2D eigenvalue weighted by atomic mass is 16.6. The molecule has 0 aliphatic carbocycles. The number of nitrogens with zero attached hydrogens (tertiary/aromatic N) is 4. The molecule has 10 heteroatoms. The van der Waals surface area contributed by atoms with E-state index < -0.39 is 11.5 Å². The highest BCUT2D eigenvalue weighted by molar-refractivity contribution is 5.96. The molecule has 1 aromatic heterocycles. The number of amides is 3. The molecule has 10 nitrogen and oxygen atoms in total. The number of nitrogen functional groups attached to an aromatic ring is 1. The highest BCUT2D eigenvalue weighted by Crippen LogP contribution is 2.23. The first kappa shape index (κ1) is 24.5. The molecule has 1 aliphatic rings. The Morgan fingerprint density at radius 2 is 1.81 bits per heavy atom. The Morgan fingerprint density at radius 1 is 1.16 bits per heavy atom. The molecule has 1 aromatic rings. The molecule has 0 saturated carbocycles. The zero-order valence-electron chi connectivity index (χ0n) is 19.4. The summed E-state index contributed by atoms with van der Waals surface area (Å²) in [5.41, 5.74) is 2.31. The molecule has 3 amide bonds. The van der Waals surface area contributed by atoms with Crippen molar-refractivity contribution in [3.8, 4) is 0 Å². The minimum absolute atomic E-state index is 0.0539. The number of carbonyl (C=O) groups excluding carboxylic acids is 3. The van der Waals surface area contributed by atoms with E-state index in [0.29, 0.717) is 25.2 Å². The van der Waals surface area contributed by atoms with Crippen molar-refractivity contribution < 1.29 is 19.1 Å². The minimum atomic E-state index is -0.591. The topological polar surface area (TPSA) is 131 Å². The highest BCUT2D eigenvalue weighted by Gasteiger charge is 2.37. The molecule has 1 fully saturated rings. The Bertz CT molecular complexity index is 834. The summed E-state index contributed by atoms with van der Waals surface area (Å²) in [6.45, 7) is 14.4. The summed E-state index contributed by atoms with van der Waals surface area (Å²) in [7, 11) is 0. The lowest BCUT2D eigenvalue weighted by molar-refractivity contribution is -0.00803. The normalized spacial score (nSPS) is 17.2. The van der Waals surface area contributed by atoms with Crippen molar-refractivity contribution in [1.29, 1.82) is 0 Å². The third kappa shape index (κ3) is 5.90. The van der Waals surface area contributed by atoms with Crippen LogP contribution in [0.4, 0.5) is 4.79 Å². The van der Waals surface area contributed by atoms with Gasteiger partial charge in [-0.25, -0.2) is 10.6 Å². The van der Waals surface area contributed by atoms with E-state index in [9.17, 15) is 14.4 Å². The van der Waals surface area contributed by atoms with E-state index in [0.717, 1.165) is 0 Å². The molecule has 0 bridgehead atoms. The summed E-state index contributed by atoms with van der Waals surface area (Å²) >= 11 is 0. The van der Waals surface area contributed by atoms with E-state index in [-0.39, 0.29) is 41.3 Å². The van der Waals surface area contributed by atoms with Crippen LogP contribution >= 0.6 is 0 Å². The van der Waals surface area contributed by atoms with E-state index in [1.807, 2.05) is 48.5 Å². The summed E-state index contributed by atoms with van der Waals surface area (Å²) in [4.78, 5) is 41.1. The standard InChI is InChI=1S/C21H34N6O4/c1-12(2)14-10-15(24-25-17(14)18(28)23-22)19(29)26-8-9-27(16(11-26)13(3)4)20(30)31-21(5,6)7/h10,12-13,16H,8-9,11,22H2,1-7H3,(H,23,28). The Morgan fingerprint density at radius 3 is 2.32 bits per heavy atom. The van der Waals surface area contributed by atoms with E-state index in [1.54, 1.807) is 15.9 Å². The van der Waals surface area contributed by atoms with Gasteiger partial charge in [0, 0.05) is 19.6 Å². The summed E-state index contributed by atoms with van der Waals surface area (Å²) in [5.74, 6) is 4.45. The van der Waals surface area contributed by atoms with E-state index in [2.05, 4.69) is 15.6 Å². The van der Waals surface area contributed by atoms with Crippen LogP contribution in [-0.2, 0) is 4.74 Å². The first-order valence-corrected chi connectivity index (χ1v) is 10.5. The molecule has 1 atom stereocenters. The van der Waals surface area contributed by atoms with Gasteiger partial charge < -0.3 is 14.5 Å². The maximum atomic E-state index is 13.2. The van der Waals surface area contributed by atoms with Gasteiger partial charge in [0.2, 0.25) is 0 Å². The number of rotatable bonds is 4. The molecule has 2 heterocycles. The maximum absolute atomic E-state index is 13.2. The SMILES string of the molecule is CC(C)c1cc(C(=O)N2CCN(C(=O)OC(C)(C)C)C(C(C)C)C2)nnc1C(=O)NN. The fraction of sp³-hybridized carbons (Fsp3) is 0.667. The molecule has 172 valence electrons. The summed E-state index contributed by atoms with van der Waals surface area (Å²) in [6.07, 6.45) is -0.377. The van der Waals surface area contributed by atoms with Crippen LogP contribution < -0.4 is 11.3 Å². The molecule has 1 aliphatic heterocycles. The van der Waals surface area contributed by atoms with Crippen LogP contribution in [-0.4, -0.2) is 69.2 Å². The lowest BCUT2D eigenvalue weighted by Gasteiger charge is -2.43. The van der Waals surface area contributed by atoms with Crippen molar-refractivity contribution in [2.45, 2.75) is 66.0 Å². The van der Waals surface area contributed by atoms with Crippen molar-refractivity contribution in [2.75, 3.05) is 19.6 Å². The molecular formula is C21H34N6O4. The number of carbonyl (C=O) groups is 3. The van der Waals surface area contributed by atoms with Gasteiger partial charge in [-0.3, -0.25) is 15.0 Å². The minimum Gasteiger partial charge on any atom is -0.444 e. The number of ether oxygens (including phenoxy) is 1. The van der Waals surface area contributed by atoms with Crippen molar-refractivity contribution >= 4 is 17.9 Å². The molecule has 2 rings (SSSR count). The average molecular weight is 435 g/mol. The molecule has 1 saturated heterocycles. The number of hydrazine groups is 1. The molecule has 0 aromatic carbocycles. The zero-order valence-corrected chi connectivity index (χ0v) is 19.4. The monoisotopic (exact) mass is 434 g/mol. The largest absolute Gasteiger partial charge is 0.444 e. The van der Waals surface area contributed by atoms with Gasteiger partial charge >= 0.3 is 6.09 Å². The first-order valence-electron chi connectivity index (χ1n) is 10.5. The third-order valence-corrected chi connectivity index (χ3v) is 5.11. The zero-order chi connectivity index (χ0) is 23.5. The van der Waals surface area contributed by atoms with Gasteiger partial charge in [-0.2, -0.15) is 0 Å². The molecule has 0 radical (unpaired) electrons. The predicted molar refractivity (Wildman–Crippen MR) is 115 cm³/mol. The Hall–Kier alpha value is -2.75. The van der Waals surface area contributed by atoms with Crippen LogP contribution in [0.15, 0.2) is 6.07 Å². The third-order valence-electron chi connectivity index (χ3n) is 5.11.